The van der Waals surface area contributed by atoms with Gasteiger partial charge in [0.05, 0.1) is 15.5 Å². The van der Waals surface area contributed by atoms with E-state index in [-0.39, 0.29) is 11.1 Å². The van der Waals surface area contributed by atoms with Crippen LogP contribution in [0, 0.1) is 18.3 Å². The first-order valence-corrected chi connectivity index (χ1v) is 9.26. The molecule has 1 aliphatic carbocycles. The van der Waals surface area contributed by atoms with Gasteiger partial charge < -0.3 is 5.73 Å². The quantitative estimate of drug-likeness (QED) is 0.715. The predicted molar refractivity (Wildman–Crippen MR) is 99.6 cm³/mol. The molecule has 4 rings (SSSR count). The molecule has 0 bridgehead atoms. The Bertz CT molecular complexity index is 990. The fourth-order valence-electron chi connectivity index (χ4n) is 3.20. The summed E-state index contributed by atoms with van der Waals surface area (Å²) < 4.78 is 1.48. The number of halogens is 2. The van der Waals surface area contributed by atoms with Crippen molar-refractivity contribution < 1.29 is 0 Å². The van der Waals surface area contributed by atoms with Gasteiger partial charge in [-0.2, -0.15) is 10.4 Å². The molecule has 2 aromatic heterocycles. The van der Waals surface area contributed by atoms with Crippen LogP contribution in [0.3, 0.4) is 0 Å². The fourth-order valence-corrected chi connectivity index (χ4v) is 4.86. The Morgan fingerprint density at radius 1 is 1.32 bits per heavy atom. The van der Waals surface area contributed by atoms with E-state index in [2.05, 4.69) is 16.2 Å². The molecule has 1 saturated carbocycles. The van der Waals surface area contributed by atoms with Crippen LogP contribution in [0.5, 0.6) is 0 Å². The molecule has 5 nitrogen and oxygen atoms in total. The van der Waals surface area contributed by atoms with Crippen molar-refractivity contribution in [2.24, 2.45) is 0 Å². The number of nitriles is 1. The summed E-state index contributed by atoms with van der Waals surface area (Å²) in [5.74, 6) is 0.386. The van der Waals surface area contributed by atoms with Crippen LogP contribution >= 0.6 is 34.5 Å². The van der Waals surface area contributed by atoms with E-state index in [0.717, 1.165) is 29.0 Å². The Balaban J connectivity index is 1.95. The van der Waals surface area contributed by atoms with E-state index in [9.17, 15) is 5.26 Å². The molecule has 0 radical (unpaired) electrons. The summed E-state index contributed by atoms with van der Waals surface area (Å²) in [4.78, 5) is 4.44. The second-order valence-corrected chi connectivity index (χ2v) is 7.84. The number of hydrogen-bond acceptors (Lipinski definition) is 5. The maximum absolute atomic E-state index is 9.61. The third-order valence-electron chi connectivity index (χ3n) is 4.47. The zero-order valence-corrected chi connectivity index (χ0v) is 15.6. The van der Waals surface area contributed by atoms with Gasteiger partial charge in [-0.3, -0.25) is 0 Å². The summed E-state index contributed by atoms with van der Waals surface area (Å²) in [6, 6.07) is 5.75. The molecule has 1 fully saturated rings. The van der Waals surface area contributed by atoms with Gasteiger partial charge in [-0.05, 0) is 37.5 Å². The lowest BCUT2D eigenvalue weighted by atomic mass is 9.96. The number of nitrogen functional groups attached to an aromatic ring is 1. The SMILES string of the molecule is Cc1cc(Cl)c(-n2nc(C#N)c(C3(c4nccs4)CC3)c2N)c(Cl)c1. The Kier molecular flexibility index (Phi) is 3.76. The minimum Gasteiger partial charge on any atom is -0.383 e. The summed E-state index contributed by atoms with van der Waals surface area (Å²) in [5.41, 5.74) is 8.54. The fraction of sp³-hybridized carbons (Fsp3) is 0.235. The van der Waals surface area contributed by atoms with Crippen molar-refractivity contribution >= 4 is 40.4 Å². The molecule has 1 aliphatic rings. The maximum Gasteiger partial charge on any atom is 0.169 e. The van der Waals surface area contributed by atoms with Crippen LogP contribution in [-0.2, 0) is 5.41 Å². The zero-order valence-electron chi connectivity index (χ0n) is 13.3. The number of benzene rings is 1. The number of aromatic nitrogens is 3. The smallest absolute Gasteiger partial charge is 0.169 e. The summed E-state index contributed by atoms with van der Waals surface area (Å²) in [6.45, 7) is 1.90. The summed E-state index contributed by atoms with van der Waals surface area (Å²) >= 11 is 14.3. The van der Waals surface area contributed by atoms with Gasteiger partial charge in [0.25, 0.3) is 0 Å². The standard InChI is InChI=1S/C17H13Cl2N5S/c1-9-6-10(18)14(11(19)7-9)24-15(21)13(12(8-20)23-24)17(2-3-17)16-22-4-5-25-16/h4-7H,2-3,21H2,1H3. The third-order valence-corrected chi connectivity index (χ3v) is 6.02. The second kappa shape index (κ2) is 5.73. The molecular weight excluding hydrogens is 377 g/mol. The minimum atomic E-state index is -0.328. The lowest BCUT2D eigenvalue weighted by Crippen LogP contribution is -2.13. The molecular formula is C17H13Cl2N5S. The molecule has 0 saturated heterocycles. The molecule has 2 heterocycles. The van der Waals surface area contributed by atoms with Crippen LogP contribution in [0.2, 0.25) is 10.0 Å². The largest absolute Gasteiger partial charge is 0.383 e. The van der Waals surface area contributed by atoms with Gasteiger partial charge in [0.1, 0.15) is 22.6 Å². The summed E-state index contributed by atoms with van der Waals surface area (Å²) in [5, 5.41) is 17.8. The topological polar surface area (TPSA) is 80.5 Å². The van der Waals surface area contributed by atoms with Crippen molar-refractivity contribution in [2.75, 3.05) is 5.73 Å². The highest BCUT2D eigenvalue weighted by molar-refractivity contribution is 7.09. The van der Waals surface area contributed by atoms with Crippen LogP contribution in [0.1, 0.15) is 34.7 Å². The number of rotatable bonds is 3. The number of hydrogen-bond donors (Lipinski definition) is 1. The highest BCUT2D eigenvalue weighted by Gasteiger charge is 2.52. The van der Waals surface area contributed by atoms with Crippen molar-refractivity contribution in [3.63, 3.8) is 0 Å². The molecule has 2 N–H and O–H groups in total. The molecule has 0 spiro atoms. The van der Waals surface area contributed by atoms with E-state index in [0.29, 0.717) is 21.6 Å². The van der Waals surface area contributed by atoms with Crippen LogP contribution in [0.15, 0.2) is 23.7 Å². The van der Waals surface area contributed by atoms with Crippen LogP contribution in [-0.4, -0.2) is 14.8 Å². The van der Waals surface area contributed by atoms with Crippen molar-refractivity contribution in [1.29, 1.82) is 5.26 Å². The Hall–Kier alpha value is -2.07. The number of nitrogens with two attached hydrogens (primary N) is 1. The normalized spacial score (nSPS) is 15.1. The van der Waals surface area contributed by atoms with E-state index in [1.165, 1.54) is 4.68 Å². The second-order valence-electron chi connectivity index (χ2n) is 6.13. The van der Waals surface area contributed by atoms with Gasteiger partial charge in [0, 0.05) is 17.1 Å². The van der Waals surface area contributed by atoms with Gasteiger partial charge >= 0.3 is 0 Å². The monoisotopic (exact) mass is 389 g/mol. The first-order valence-electron chi connectivity index (χ1n) is 7.63. The van der Waals surface area contributed by atoms with E-state index in [1.807, 2.05) is 12.3 Å². The zero-order chi connectivity index (χ0) is 17.8. The molecule has 0 aliphatic heterocycles. The molecule has 0 unspecified atom stereocenters. The highest BCUT2D eigenvalue weighted by atomic mass is 35.5. The molecule has 0 amide bonds. The Morgan fingerprint density at radius 2 is 2.00 bits per heavy atom. The average Bonchev–Trinajstić information content (AvgIpc) is 3.02. The van der Waals surface area contributed by atoms with Crippen LogP contribution in [0.25, 0.3) is 5.69 Å². The minimum absolute atomic E-state index is 0.290. The van der Waals surface area contributed by atoms with Crippen LogP contribution in [0.4, 0.5) is 5.82 Å². The first kappa shape index (κ1) is 16.4. The molecule has 0 atom stereocenters. The highest BCUT2D eigenvalue weighted by Crippen LogP contribution is 2.57. The molecule has 3 aromatic rings. The number of aryl methyl sites for hydroxylation is 1. The molecule has 25 heavy (non-hydrogen) atoms. The van der Waals surface area contributed by atoms with E-state index < -0.39 is 0 Å². The van der Waals surface area contributed by atoms with Gasteiger partial charge in [0.2, 0.25) is 0 Å². The maximum atomic E-state index is 9.61. The van der Waals surface area contributed by atoms with Crippen molar-refractivity contribution in [3.05, 3.63) is 55.6 Å². The average molecular weight is 390 g/mol. The molecule has 8 heteroatoms. The van der Waals surface area contributed by atoms with Gasteiger partial charge in [-0.1, -0.05) is 23.2 Å². The van der Waals surface area contributed by atoms with Crippen LogP contribution < -0.4 is 5.73 Å². The molecule has 1 aromatic carbocycles. The van der Waals surface area contributed by atoms with Crippen molar-refractivity contribution in [2.45, 2.75) is 25.2 Å². The number of nitrogens with zero attached hydrogens (tertiary/aromatic N) is 4. The van der Waals surface area contributed by atoms with Crippen molar-refractivity contribution in [1.82, 2.24) is 14.8 Å². The van der Waals surface area contributed by atoms with Gasteiger partial charge in [-0.25, -0.2) is 9.67 Å². The first-order chi connectivity index (χ1) is 12.0. The number of thiazole rings is 1. The lowest BCUT2D eigenvalue weighted by molar-refractivity contribution is 0.833. The van der Waals surface area contributed by atoms with E-state index in [1.54, 1.807) is 29.7 Å². The van der Waals surface area contributed by atoms with E-state index in [4.69, 9.17) is 28.9 Å². The molecule has 126 valence electrons. The predicted octanol–water partition coefficient (Wildman–Crippen LogP) is 4.48. The Labute approximate surface area is 158 Å². The summed E-state index contributed by atoms with van der Waals surface area (Å²) in [7, 11) is 0. The van der Waals surface area contributed by atoms with Crippen molar-refractivity contribution in [3.8, 4) is 11.8 Å². The summed E-state index contributed by atoms with van der Waals surface area (Å²) in [6.07, 6.45) is 3.54. The lowest BCUT2D eigenvalue weighted by Gasteiger charge is -2.14. The third kappa shape index (κ3) is 2.43. The van der Waals surface area contributed by atoms with Gasteiger partial charge in [0.15, 0.2) is 5.69 Å². The Morgan fingerprint density at radius 3 is 2.52 bits per heavy atom. The van der Waals surface area contributed by atoms with Gasteiger partial charge in [-0.15, -0.1) is 11.3 Å². The van der Waals surface area contributed by atoms with E-state index >= 15 is 0 Å². The number of anilines is 1.